The van der Waals surface area contributed by atoms with E-state index in [4.69, 9.17) is 5.11 Å². The maximum Gasteiger partial charge on any atom is 0.0443 e. The van der Waals surface area contributed by atoms with Crippen LogP contribution in [0.4, 0.5) is 0 Å². The molecule has 1 aromatic carbocycles. The number of nitrogens with one attached hydrogen (secondary N) is 1. The maximum absolute atomic E-state index is 8.59. The number of hydrogen-bond acceptors (Lipinski definition) is 2. The summed E-state index contributed by atoms with van der Waals surface area (Å²) in [6.07, 6.45) is 0.803. The van der Waals surface area contributed by atoms with Crippen LogP contribution in [0.5, 0.6) is 0 Å². The average Bonchev–Trinajstić information content (AvgIpc) is 2.18. The van der Waals surface area contributed by atoms with E-state index < -0.39 is 0 Å². The van der Waals surface area contributed by atoms with Crippen molar-refractivity contribution in [2.75, 3.05) is 13.2 Å². The Morgan fingerprint density at radius 2 is 2.00 bits per heavy atom. The Hall–Kier alpha value is 0.1000. The van der Waals surface area contributed by atoms with E-state index in [0.717, 1.165) is 28.5 Å². The van der Waals surface area contributed by atoms with Crippen molar-refractivity contribution in [3.8, 4) is 0 Å². The van der Waals surface area contributed by atoms with Gasteiger partial charge in [-0.1, -0.05) is 6.07 Å². The largest absolute Gasteiger partial charge is 0.396 e. The number of halogens is 2. The second kappa shape index (κ2) is 6.56. The summed E-state index contributed by atoms with van der Waals surface area (Å²) < 4.78 is 2.13. The summed E-state index contributed by atoms with van der Waals surface area (Å²) in [6.45, 7) is 1.94. The monoisotopic (exact) mass is 321 g/mol. The van der Waals surface area contributed by atoms with Crippen molar-refractivity contribution in [1.29, 1.82) is 0 Å². The minimum atomic E-state index is 0.247. The Morgan fingerprint density at radius 3 is 2.64 bits per heavy atom. The highest BCUT2D eigenvalue weighted by molar-refractivity contribution is 9.13. The summed E-state index contributed by atoms with van der Waals surface area (Å²) in [5, 5.41) is 11.8. The molecule has 0 fully saturated rings. The van der Waals surface area contributed by atoms with E-state index in [0.29, 0.717) is 0 Å². The van der Waals surface area contributed by atoms with Crippen molar-refractivity contribution in [1.82, 2.24) is 5.32 Å². The Labute approximate surface area is 101 Å². The summed E-state index contributed by atoms with van der Waals surface area (Å²) in [4.78, 5) is 0. The van der Waals surface area contributed by atoms with Gasteiger partial charge in [-0.05, 0) is 62.5 Å². The van der Waals surface area contributed by atoms with Crippen LogP contribution in [0, 0.1) is 0 Å². The molecule has 0 saturated carbocycles. The lowest BCUT2D eigenvalue weighted by atomic mass is 10.2. The first-order chi connectivity index (χ1) is 6.74. The first-order valence-corrected chi connectivity index (χ1v) is 6.08. The minimum absolute atomic E-state index is 0.247. The van der Waals surface area contributed by atoms with Gasteiger partial charge in [-0.25, -0.2) is 0 Å². The van der Waals surface area contributed by atoms with Gasteiger partial charge in [-0.3, -0.25) is 0 Å². The number of benzene rings is 1. The molecule has 4 heteroatoms. The van der Waals surface area contributed by atoms with Gasteiger partial charge < -0.3 is 10.4 Å². The Bertz CT molecular complexity index is 291. The fourth-order valence-corrected chi connectivity index (χ4v) is 1.76. The smallest absolute Gasteiger partial charge is 0.0443 e. The van der Waals surface area contributed by atoms with Crippen LogP contribution in [-0.4, -0.2) is 18.3 Å². The van der Waals surface area contributed by atoms with Gasteiger partial charge in [0.25, 0.3) is 0 Å². The van der Waals surface area contributed by atoms with Crippen molar-refractivity contribution in [3.05, 3.63) is 32.7 Å². The number of aliphatic hydroxyl groups excluding tert-OH is 1. The molecule has 1 rings (SSSR count). The highest BCUT2D eigenvalue weighted by Gasteiger charge is 1.97. The van der Waals surface area contributed by atoms with E-state index in [1.165, 1.54) is 5.56 Å². The van der Waals surface area contributed by atoms with Gasteiger partial charge in [0.15, 0.2) is 0 Å². The fourth-order valence-electron chi connectivity index (χ4n) is 1.09. The zero-order valence-corrected chi connectivity index (χ0v) is 10.9. The van der Waals surface area contributed by atoms with E-state index in [1.54, 1.807) is 0 Å². The molecule has 0 amide bonds. The highest BCUT2D eigenvalue weighted by atomic mass is 79.9. The third kappa shape index (κ3) is 4.09. The molecule has 0 spiro atoms. The quantitative estimate of drug-likeness (QED) is 0.817. The molecular formula is C10H13Br2NO. The zero-order chi connectivity index (χ0) is 10.4. The van der Waals surface area contributed by atoms with Gasteiger partial charge in [0, 0.05) is 22.1 Å². The molecule has 0 aliphatic heterocycles. The van der Waals surface area contributed by atoms with Crippen LogP contribution in [0.3, 0.4) is 0 Å². The summed E-state index contributed by atoms with van der Waals surface area (Å²) in [6, 6.07) is 6.17. The molecular weight excluding hydrogens is 310 g/mol. The van der Waals surface area contributed by atoms with Gasteiger partial charge in [0.1, 0.15) is 0 Å². The predicted molar refractivity (Wildman–Crippen MR) is 65.3 cm³/mol. The van der Waals surface area contributed by atoms with Crippen LogP contribution in [0.2, 0.25) is 0 Å². The second-order valence-corrected chi connectivity index (χ2v) is 4.71. The van der Waals surface area contributed by atoms with Gasteiger partial charge in [0.05, 0.1) is 0 Å². The summed E-state index contributed by atoms with van der Waals surface area (Å²) >= 11 is 6.88. The first kappa shape index (κ1) is 12.2. The van der Waals surface area contributed by atoms with E-state index in [-0.39, 0.29) is 6.61 Å². The molecule has 0 saturated heterocycles. The van der Waals surface area contributed by atoms with E-state index >= 15 is 0 Å². The van der Waals surface area contributed by atoms with E-state index in [1.807, 2.05) is 6.07 Å². The Morgan fingerprint density at radius 1 is 1.21 bits per heavy atom. The molecule has 0 bridgehead atoms. The maximum atomic E-state index is 8.59. The van der Waals surface area contributed by atoms with Crippen LogP contribution >= 0.6 is 31.9 Å². The van der Waals surface area contributed by atoms with Crippen molar-refractivity contribution >= 4 is 31.9 Å². The minimum Gasteiger partial charge on any atom is -0.396 e. The molecule has 0 aliphatic carbocycles. The van der Waals surface area contributed by atoms with Gasteiger partial charge >= 0.3 is 0 Å². The molecule has 0 aromatic heterocycles. The van der Waals surface area contributed by atoms with Crippen molar-refractivity contribution in [2.24, 2.45) is 0 Å². The number of hydrogen-bond donors (Lipinski definition) is 2. The van der Waals surface area contributed by atoms with E-state index in [9.17, 15) is 0 Å². The second-order valence-electron chi connectivity index (χ2n) is 3.00. The number of aliphatic hydroxyl groups is 1. The zero-order valence-electron chi connectivity index (χ0n) is 7.76. The van der Waals surface area contributed by atoms with Gasteiger partial charge in [-0.2, -0.15) is 0 Å². The van der Waals surface area contributed by atoms with Crippen LogP contribution in [0.15, 0.2) is 27.1 Å². The molecule has 2 N–H and O–H groups in total. The first-order valence-electron chi connectivity index (χ1n) is 4.49. The Balaban J connectivity index is 2.39. The SMILES string of the molecule is OCCCNCc1ccc(Br)c(Br)c1. The topological polar surface area (TPSA) is 32.3 Å². The molecule has 0 radical (unpaired) electrons. The lowest BCUT2D eigenvalue weighted by Gasteiger charge is -2.05. The van der Waals surface area contributed by atoms with Gasteiger partial charge in [-0.15, -0.1) is 0 Å². The molecule has 0 heterocycles. The van der Waals surface area contributed by atoms with Crippen molar-refractivity contribution in [2.45, 2.75) is 13.0 Å². The summed E-state index contributed by atoms with van der Waals surface area (Å²) in [7, 11) is 0. The van der Waals surface area contributed by atoms with Crippen LogP contribution in [0.1, 0.15) is 12.0 Å². The molecule has 0 unspecified atom stereocenters. The highest BCUT2D eigenvalue weighted by Crippen LogP contribution is 2.23. The predicted octanol–water partition coefficient (Wildman–Crippen LogP) is 2.68. The van der Waals surface area contributed by atoms with Gasteiger partial charge in [0.2, 0.25) is 0 Å². The normalized spacial score (nSPS) is 10.5. The van der Waals surface area contributed by atoms with Crippen molar-refractivity contribution < 1.29 is 5.11 Å². The molecule has 78 valence electrons. The standard InChI is InChI=1S/C10H13Br2NO/c11-9-3-2-8(6-10(9)12)7-13-4-1-5-14/h2-3,6,13-14H,1,4-5,7H2. The molecule has 0 atom stereocenters. The average molecular weight is 323 g/mol. The number of rotatable bonds is 5. The molecule has 1 aromatic rings. The molecule has 14 heavy (non-hydrogen) atoms. The lowest BCUT2D eigenvalue weighted by Crippen LogP contribution is -2.15. The van der Waals surface area contributed by atoms with Crippen LogP contribution in [-0.2, 0) is 6.54 Å². The lowest BCUT2D eigenvalue weighted by molar-refractivity contribution is 0.286. The Kier molecular flexibility index (Phi) is 5.70. The third-order valence-electron chi connectivity index (χ3n) is 1.82. The summed E-state index contributed by atoms with van der Waals surface area (Å²) in [5.41, 5.74) is 1.23. The molecule has 2 nitrogen and oxygen atoms in total. The third-order valence-corrected chi connectivity index (χ3v) is 3.70. The van der Waals surface area contributed by atoms with Crippen LogP contribution in [0.25, 0.3) is 0 Å². The molecule has 0 aliphatic rings. The van der Waals surface area contributed by atoms with E-state index in [2.05, 4.69) is 49.3 Å². The van der Waals surface area contributed by atoms with Crippen LogP contribution < -0.4 is 5.32 Å². The summed E-state index contributed by atoms with van der Waals surface area (Å²) in [5.74, 6) is 0. The fraction of sp³-hybridized carbons (Fsp3) is 0.400. The van der Waals surface area contributed by atoms with Crippen molar-refractivity contribution in [3.63, 3.8) is 0 Å².